The van der Waals surface area contributed by atoms with Gasteiger partial charge in [0.25, 0.3) is 0 Å². The van der Waals surface area contributed by atoms with E-state index in [0.717, 1.165) is 54.0 Å². The second-order valence-electron chi connectivity index (χ2n) is 8.46. The molecule has 6 saturated carbocycles. The molecule has 6 fully saturated rings. The third-order valence-electron chi connectivity index (χ3n) is 8.38. The summed E-state index contributed by atoms with van der Waals surface area (Å²) in [6, 6.07) is 11.8. The van der Waals surface area contributed by atoms with Gasteiger partial charge in [0.05, 0.1) is 0 Å². The van der Waals surface area contributed by atoms with E-state index in [1.807, 2.05) is 0 Å². The minimum absolute atomic E-state index is 0.659. The molecule has 1 aromatic rings. The van der Waals surface area contributed by atoms with Crippen LogP contribution < -0.4 is 5.32 Å². The molecular weight excluding hydrogens is 242 g/mol. The Balaban J connectivity index is 1.34. The van der Waals surface area contributed by atoms with Crippen molar-refractivity contribution in [1.82, 2.24) is 5.32 Å². The van der Waals surface area contributed by atoms with Crippen molar-refractivity contribution < 1.29 is 0 Å². The van der Waals surface area contributed by atoms with Crippen molar-refractivity contribution in [3.8, 4) is 0 Å². The summed E-state index contributed by atoms with van der Waals surface area (Å²) in [6.45, 7) is 3.73. The molecule has 1 N–H and O–H groups in total. The second kappa shape index (κ2) is 3.16. The second-order valence-corrected chi connectivity index (χ2v) is 8.46. The average Bonchev–Trinajstić information content (AvgIpc) is 3.16. The zero-order chi connectivity index (χ0) is 13.1. The molecule has 1 aromatic carbocycles. The highest BCUT2D eigenvalue weighted by Crippen LogP contribution is 2.86. The van der Waals surface area contributed by atoms with Crippen molar-refractivity contribution in [2.75, 3.05) is 0 Å². The lowest BCUT2D eigenvalue weighted by molar-refractivity contribution is 0.0652. The van der Waals surface area contributed by atoms with Crippen LogP contribution in [0.1, 0.15) is 25.3 Å². The Hall–Kier alpha value is -0.820. The van der Waals surface area contributed by atoms with Crippen molar-refractivity contribution in [2.45, 2.75) is 32.4 Å². The molecule has 1 nitrogen and oxygen atoms in total. The summed E-state index contributed by atoms with van der Waals surface area (Å²) in [5.41, 5.74) is 2.11. The van der Waals surface area contributed by atoms with Crippen LogP contribution in [0.4, 0.5) is 0 Å². The van der Waals surface area contributed by atoms with Crippen LogP contribution in [-0.4, -0.2) is 6.04 Å². The SMILES string of the molecule is C[C@@]12[C@H]3[C@@H]4C[C@H]5[C@@H]3C[C@@H]1[C@H]5[C@@H]4[C@@H]2NCc1ccccc1. The maximum atomic E-state index is 4.02. The first-order valence-corrected chi connectivity index (χ1v) is 8.57. The molecule has 0 aromatic heterocycles. The molecule has 0 radical (unpaired) electrons. The monoisotopic (exact) mass is 265 g/mol. The first-order chi connectivity index (χ1) is 9.80. The predicted octanol–water partition coefficient (Wildman–Crippen LogP) is 3.31. The quantitative estimate of drug-likeness (QED) is 0.884. The van der Waals surface area contributed by atoms with Crippen LogP contribution in [-0.2, 0) is 6.54 Å². The zero-order valence-corrected chi connectivity index (χ0v) is 12.1. The Morgan fingerprint density at radius 3 is 2.70 bits per heavy atom. The van der Waals surface area contributed by atoms with Gasteiger partial charge in [0.2, 0.25) is 0 Å². The summed E-state index contributed by atoms with van der Waals surface area (Å²) >= 11 is 0. The summed E-state index contributed by atoms with van der Waals surface area (Å²) < 4.78 is 0. The minimum atomic E-state index is 0.659. The van der Waals surface area contributed by atoms with Crippen LogP contribution in [0.2, 0.25) is 0 Å². The molecule has 0 spiro atoms. The summed E-state index contributed by atoms with van der Waals surface area (Å²) in [6.07, 6.45) is 3.19. The van der Waals surface area contributed by atoms with E-state index >= 15 is 0 Å². The Kier molecular flexibility index (Phi) is 1.72. The number of rotatable bonds is 3. The van der Waals surface area contributed by atoms with Gasteiger partial charge in [-0.3, -0.25) is 0 Å². The third-order valence-corrected chi connectivity index (χ3v) is 8.38. The van der Waals surface area contributed by atoms with E-state index in [4.69, 9.17) is 0 Å². The van der Waals surface area contributed by atoms with E-state index < -0.39 is 0 Å². The Labute approximate surface area is 121 Å². The molecule has 104 valence electrons. The van der Waals surface area contributed by atoms with Crippen LogP contribution >= 0.6 is 0 Å². The van der Waals surface area contributed by atoms with Gasteiger partial charge in [-0.25, -0.2) is 0 Å². The van der Waals surface area contributed by atoms with Gasteiger partial charge in [0.1, 0.15) is 0 Å². The maximum Gasteiger partial charge on any atom is 0.0208 e. The van der Waals surface area contributed by atoms with Gasteiger partial charge in [0.15, 0.2) is 0 Å². The van der Waals surface area contributed by atoms with E-state index in [9.17, 15) is 0 Å². The van der Waals surface area contributed by atoms with E-state index in [2.05, 4.69) is 42.6 Å². The molecule has 9 atom stereocenters. The van der Waals surface area contributed by atoms with E-state index in [1.165, 1.54) is 5.56 Å². The maximum absolute atomic E-state index is 4.02. The Bertz CT molecular complexity index is 581. The summed E-state index contributed by atoms with van der Waals surface area (Å²) in [5, 5.41) is 4.02. The van der Waals surface area contributed by atoms with Crippen LogP contribution in [0.5, 0.6) is 0 Å². The van der Waals surface area contributed by atoms with E-state index in [0.29, 0.717) is 5.41 Å². The first kappa shape index (κ1) is 10.8. The number of hydrogen-bond acceptors (Lipinski definition) is 1. The minimum Gasteiger partial charge on any atom is -0.309 e. The van der Waals surface area contributed by atoms with Crippen LogP contribution in [0, 0.1) is 46.8 Å². The zero-order valence-electron chi connectivity index (χ0n) is 12.1. The molecule has 0 heterocycles. The largest absolute Gasteiger partial charge is 0.309 e. The van der Waals surface area contributed by atoms with Gasteiger partial charge in [-0.15, -0.1) is 0 Å². The van der Waals surface area contributed by atoms with Gasteiger partial charge < -0.3 is 5.32 Å². The molecule has 0 saturated heterocycles. The highest BCUT2D eigenvalue weighted by atomic mass is 15.0. The highest BCUT2D eigenvalue weighted by molar-refractivity contribution is 5.34. The Morgan fingerprint density at radius 1 is 1.05 bits per heavy atom. The van der Waals surface area contributed by atoms with Gasteiger partial charge in [-0.05, 0) is 65.2 Å². The summed E-state index contributed by atoms with van der Waals surface area (Å²) in [5.74, 6) is 7.74. The fourth-order valence-electron chi connectivity index (χ4n) is 8.31. The van der Waals surface area contributed by atoms with E-state index in [-0.39, 0.29) is 0 Å². The highest BCUT2D eigenvalue weighted by Gasteiger charge is 2.84. The molecule has 6 aliphatic rings. The third kappa shape index (κ3) is 0.913. The predicted molar refractivity (Wildman–Crippen MR) is 78.8 cm³/mol. The van der Waals surface area contributed by atoms with Crippen molar-refractivity contribution in [2.24, 2.45) is 46.8 Å². The molecular formula is C19H23N. The van der Waals surface area contributed by atoms with E-state index in [1.54, 1.807) is 12.8 Å². The van der Waals surface area contributed by atoms with Gasteiger partial charge in [-0.1, -0.05) is 37.3 Å². The van der Waals surface area contributed by atoms with Crippen molar-refractivity contribution >= 4 is 0 Å². The standard InChI is InChI=1S/C19H23N/c1-19-14-8-12-11-7-13(17(12)19)16(15(11)14)18(19)20-9-10-5-3-2-4-6-10/h2-6,11-18,20H,7-9H2,1H3/t11-,12-,13+,14+,15-,16+,17+,18-,19-/m0/s1. The van der Waals surface area contributed by atoms with Gasteiger partial charge in [-0.2, -0.15) is 0 Å². The molecule has 7 rings (SSSR count). The van der Waals surface area contributed by atoms with Crippen LogP contribution in [0.15, 0.2) is 30.3 Å². The van der Waals surface area contributed by atoms with Gasteiger partial charge in [0, 0.05) is 12.6 Å². The number of nitrogens with one attached hydrogen (secondary N) is 1. The summed E-state index contributed by atoms with van der Waals surface area (Å²) in [4.78, 5) is 0. The fourth-order valence-corrected chi connectivity index (χ4v) is 8.31. The normalized spacial score (nSPS) is 59.5. The van der Waals surface area contributed by atoms with Gasteiger partial charge >= 0.3 is 0 Å². The van der Waals surface area contributed by atoms with Crippen LogP contribution in [0.3, 0.4) is 0 Å². The lowest BCUT2D eigenvalue weighted by Gasteiger charge is -2.40. The lowest BCUT2D eigenvalue weighted by atomic mass is 9.64. The van der Waals surface area contributed by atoms with Crippen LogP contribution in [0.25, 0.3) is 0 Å². The molecule has 6 bridgehead atoms. The average molecular weight is 265 g/mol. The first-order valence-electron chi connectivity index (χ1n) is 8.57. The molecule has 0 aliphatic heterocycles. The molecule has 20 heavy (non-hydrogen) atoms. The fraction of sp³-hybridized carbons (Fsp3) is 0.684. The smallest absolute Gasteiger partial charge is 0.0208 e. The van der Waals surface area contributed by atoms with Crippen molar-refractivity contribution in [3.63, 3.8) is 0 Å². The molecule has 0 amide bonds. The van der Waals surface area contributed by atoms with Crippen molar-refractivity contribution in [3.05, 3.63) is 35.9 Å². The number of hydrogen-bond donors (Lipinski definition) is 1. The molecule has 1 heteroatoms. The lowest BCUT2D eigenvalue weighted by Crippen LogP contribution is -2.42. The topological polar surface area (TPSA) is 12.0 Å². The van der Waals surface area contributed by atoms with Crippen molar-refractivity contribution in [1.29, 1.82) is 0 Å². The Morgan fingerprint density at radius 2 is 1.90 bits per heavy atom. The molecule has 0 unspecified atom stereocenters. The molecule has 6 aliphatic carbocycles. The number of benzene rings is 1. The summed E-state index contributed by atoms with van der Waals surface area (Å²) in [7, 11) is 0.